The van der Waals surface area contributed by atoms with E-state index >= 15 is 0 Å². The van der Waals surface area contributed by atoms with Crippen molar-refractivity contribution in [3.05, 3.63) is 34.9 Å². The number of allylic oxidation sites excluding steroid dienone is 1. The fourth-order valence-electron chi connectivity index (χ4n) is 2.01. The first-order valence-electron chi connectivity index (χ1n) is 4.85. The average Bonchev–Trinajstić information content (AvgIpc) is 2.19. The Hall–Kier alpha value is -1.77. The van der Waals surface area contributed by atoms with Crippen LogP contribution in [0.25, 0.3) is 5.57 Å². The van der Waals surface area contributed by atoms with Gasteiger partial charge in [0.25, 0.3) is 0 Å². The number of hydrogen-bond acceptors (Lipinski definition) is 2. The molecule has 2 N–H and O–H groups in total. The topological polar surface area (TPSA) is 57.5 Å². The lowest BCUT2D eigenvalue weighted by Crippen LogP contribution is -2.10. The van der Waals surface area contributed by atoms with E-state index in [1.54, 1.807) is 19.1 Å². The second-order valence-corrected chi connectivity index (χ2v) is 3.75. The van der Waals surface area contributed by atoms with Gasteiger partial charge < -0.3 is 10.2 Å². The summed E-state index contributed by atoms with van der Waals surface area (Å²) in [5.41, 5.74) is 3.18. The van der Waals surface area contributed by atoms with Gasteiger partial charge in [0, 0.05) is 5.57 Å². The predicted molar refractivity (Wildman–Crippen MR) is 56.7 cm³/mol. The molecule has 0 fully saturated rings. The number of fused-ring (bicyclic) bond motifs is 1. The van der Waals surface area contributed by atoms with Crippen molar-refractivity contribution < 1.29 is 15.0 Å². The molecular weight excluding hydrogens is 192 g/mol. The number of hydrogen-bond donors (Lipinski definition) is 2. The van der Waals surface area contributed by atoms with Crippen LogP contribution in [0, 0.1) is 0 Å². The van der Waals surface area contributed by atoms with Crippen LogP contribution in [0.15, 0.2) is 23.8 Å². The number of aromatic hydroxyl groups is 1. The summed E-state index contributed by atoms with van der Waals surface area (Å²) in [5, 5.41) is 18.3. The van der Waals surface area contributed by atoms with Gasteiger partial charge in [-0.25, -0.2) is 4.79 Å². The van der Waals surface area contributed by atoms with E-state index < -0.39 is 5.97 Å². The lowest BCUT2D eigenvalue weighted by molar-refractivity contribution is -0.132. The SMILES string of the molecule is CC1=C(C(=O)O)CCc2ccc(O)cc21. The molecular formula is C12H12O3. The minimum Gasteiger partial charge on any atom is -0.508 e. The Morgan fingerprint density at radius 3 is 2.73 bits per heavy atom. The van der Waals surface area contributed by atoms with E-state index in [0.29, 0.717) is 12.0 Å². The van der Waals surface area contributed by atoms with E-state index in [1.165, 1.54) is 0 Å². The van der Waals surface area contributed by atoms with Crippen molar-refractivity contribution in [2.24, 2.45) is 0 Å². The number of phenols is 1. The van der Waals surface area contributed by atoms with Crippen LogP contribution in [-0.4, -0.2) is 16.2 Å². The minimum atomic E-state index is -0.860. The van der Waals surface area contributed by atoms with Gasteiger partial charge in [0.15, 0.2) is 0 Å². The van der Waals surface area contributed by atoms with Crippen LogP contribution in [0.4, 0.5) is 0 Å². The molecule has 3 nitrogen and oxygen atoms in total. The molecule has 1 aromatic carbocycles. The van der Waals surface area contributed by atoms with E-state index in [2.05, 4.69) is 0 Å². The summed E-state index contributed by atoms with van der Waals surface area (Å²) in [4.78, 5) is 10.9. The van der Waals surface area contributed by atoms with Crippen LogP contribution in [0.3, 0.4) is 0 Å². The van der Waals surface area contributed by atoms with Crippen molar-refractivity contribution >= 4 is 11.5 Å². The second kappa shape index (κ2) is 3.42. The summed E-state index contributed by atoms with van der Waals surface area (Å²) in [6.07, 6.45) is 1.30. The lowest BCUT2D eigenvalue weighted by atomic mass is 9.86. The predicted octanol–water partition coefficient (Wildman–Crippen LogP) is 2.20. The van der Waals surface area contributed by atoms with Gasteiger partial charge >= 0.3 is 5.97 Å². The summed E-state index contributed by atoms with van der Waals surface area (Å²) in [5.74, 6) is -0.679. The number of rotatable bonds is 1. The van der Waals surface area contributed by atoms with Crippen LogP contribution in [0.2, 0.25) is 0 Å². The number of carboxylic acid groups (broad SMARTS) is 1. The zero-order valence-electron chi connectivity index (χ0n) is 8.45. The molecule has 0 aromatic heterocycles. The van der Waals surface area contributed by atoms with Crippen molar-refractivity contribution in [2.75, 3.05) is 0 Å². The van der Waals surface area contributed by atoms with Gasteiger partial charge in [-0.3, -0.25) is 0 Å². The minimum absolute atomic E-state index is 0.180. The van der Waals surface area contributed by atoms with Crippen LogP contribution in [0.5, 0.6) is 5.75 Å². The highest BCUT2D eigenvalue weighted by Crippen LogP contribution is 2.33. The first-order valence-corrected chi connectivity index (χ1v) is 4.85. The van der Waals surface area contributed by atoms with E-state index in [0.717, 1.165) is 23.1 Å². The molecule has 0 bridgehead atoms. The van der Waals surface area contributed by atoms with Crippen molar-refractivity contribution in [1.82, 2.24) is 0 Å². The van der Waals surface area contributed by atoms with E-state index in [-0.39, 0.29) is 5.75 Å². The molecule has 0 saturated heterocycles. The third kappa shape index (κ3) is 1.61. The van der Waals surface area contributed by atoms with Crippen LogP contribution < -0.4 is 0 Å². The molecule has 15 heavy (non-hydrogen) atoms. The second-order valence-electron chi connectivity index (χ2n) is 3.75. The molecule has 0 atom stereocenters. The number of benzene rings is 1. The highest BCUT2D eigenvalue weighted by molar-refractivity contribution is 5.97. The largest absolute Gasteiger partial charge is 0.508 e. The summed E-state index contributed by atoms with van der Waals surface area (Å²) < 4.78 is 0. The molecule has 1 aromatic rings. The van der Waals surface area contributed by atoms with Crippen LogP contribution in [0.1, 0.15) is 24.5 Å². The normalized spacial score (nSPS) is 15.0. The maximum atomic E-state index is 10.9. The van der Waals surface area contributed by atoms with E-state index in [4.69, 9.17) is 5.11 Å². The van der Waals surface area contributed by atoms with Gasteiger partial charge in [0.05, 0.1) is 0 Å². The summed E-state index contributed by atoms with van der Waals surface area (Å²) >= 11 is 0. The Bertz CT molecular complexity index is 458. The molecule has 0 unspecified atom stereocenters. The summed E-state index contributed by atoms with van der Waals surface area (Å²) in [7, 11) is 0. The van der Waals surface area contributed by atoms with Gasteiger partial charge in [-0.05, 0) is 48.6 Å². The lowest BCUT2D eigenvalue weighted by Gasteiger charge is -2.18. The van der Waals surface area contributed by atoms with Crippen LogP contribution in [-0.2, 0) is 11.2 Å². The molecule has 2 rings (SSSR count). The summed E-state index contributed by atoms with van der Waals surface area (Å²) in [6.45, 7) is 1.79. The van der Waals surface area contributed by atoms with Crippen molar-refractivity contribution in [3.63, 3.8) is 0 Å². The molecule has 0 amide bonds. The molecule has 1 aliphatic carbocycles. The molecule has 0 saturated carbocycles. The maximum Gasteiger partial charge on any atom is 0.331 e. The van der Waals surface area contributed by atoms with Crippen molar-refractivity contribution in [2.45, 2.75) is 19.8 Å². The van der Waals surface area contributed by atoms with E-state index in [9.17, 15) is 9.90 Å². The molecule has 1 aliphatic rings. The Morgan fingerprint density at radius 2 is 2.07 bits per heavy atom. The van der Waals surface area contributed by atoms with Gasteiger partial charge in [-0.1, -0.05) is 6.07 Å². The quantitative estimate of drug-likeness (QED) is 0.737. The highest BCUT2D eigenvalue weighted by Gasteiger charge is 2.20. The Morgan fingerprint density at radius 1 is 1.33 bits per heavy atom. The monoisotopic (exact) mass is 204 g/mol. The first kappa shape index (κ1) is 9.77. The number of aliphatic carboxylic acids is 1. The Labute approximate surface area is 87.7 Å². The van der Waals surface area contributed by atoms with Crippen molar-refractivity contribution in [1.29, 1.82) is 0 Å². The zero-order chi connectivity index (χ0) is 11.0. The smallest absolute Gasteiger partial charge is 0.331 e. The molecule has 78 valence electrons. The van der Waals surface area contributed by atoms with Gasteiger partial charge in [0.1, 0.15) is 5.75 Å². The van der Waals surface area contributed by atoms with Gasteiger partial charge in [-0.2, -0.15) is 0 Å². The average molecular weight is 204 g/mol. The number of carboxylic acids is 1. The zero-order valence-corrected chi connectivity index (χ0v) is 8.45. The van der Waals surface area contributed by atoms with Gasteiger partial charge in [0.2, 0.25) is 0 Å². The Balaban J connectivity index is 2.59. The standard InChI is InChI=1S/C12H12O3/c1-7-10(12(14)15)5-3-8-2-4-9(13)6-11(7)8/h2,4,6,13H,3,5H2,1H3,(H,14,15). The molecule has 0 heterocycles. The van der Waals surface area contributed by atoms with Crippen LogP contribution >= 0.6 is 0 Å². The Kier molecular flexibility index (Phi) is 2.23. The third-order valence-electron chi connectivity index (χ3n) is 2.85. The van der Waals surface area contributed by atoms with E-state index in [1.807, 2.05) is 6.07 Å². The molecule has 0 spiro atoms. The maximum absolute atomic E-state index is 10.9. The fourth-order valence-corrected chi connectivity index (χ4v) is 2.01. The summed E-state index contributed by atoms with van der Waals surface area (Å²) in [6, 6.07) is 5.12. The first-order chi connectivity index (χ1) is 7.09. The van der Waals surface area contributed by atoms with Crippen molar-refractivity contribution in [3.8, 4) is 5.75 Å². The molecule has 0 aliphatic heterocycles. The number of aryl methyl sites for hydroxylation is 1. The van der Waals surface area contributed by atoms with Gasteiger partial charge in [-0.15, -0.1) is 0 Å². The number of carbonyl (C=O) groups is 1. The molecule has 0 radical (unpaired) electrons. The fraction of sp³-hybridized carbons (Fsp3) is 0.250. The third-order valence-corrected chi connectivity index (χ3v) is 2.85. The number of phenolic OH excluding ortho intramolecular Hbond substituents is 1. The highest BCUT2D eigenvalue weighted by atomic mass is 16.4. The molecule has 3 heteroatoms.